The number of hydrogen-bond donors (Lipinski definition) is 2. The lowest BCUT2D eigenvalue weighted by Crippen LogP contribution is -2.40. The van der Waals surface area contributed by atoms with Gasteiger partial charge in [0.2, 0.25) is 0 Å². The monoisotopic (exact) mass is 283 g/mol. The highest BCUT2D eigenvalue weighted by atomic mass is 16.5. The second-order valence-electron chi connectivity index (χ2n) is 4.46. The molecule has 7 nitrogen and oxygen atoms in total. The summed E-state index contributed by atoms with van der Waals surface area (Å²) < 4.78 is 6.50. The topological polar surface area (TPSA) is 93.5 Å². The number of aliphatic carboxylic acids is 1. The Labute approximate surface area is 117 Å². The van der Waals surface area contributed by atoms with Crippen LogP contribution in [0.3, 0.4) is 0 Å². The number of ether oxygens (including phenoxy) is 1. The van der Waals surface area contributed by atoms with E-state index in [0.29, 0.717) is 19.6 Å². The first-order chi connectivity index (χ1) is 9.58. The number of unbranched alkanes of at least 4 members (excludes halogenated alkanes) is 1. The first-order valence-corrected chi connectivity index (χ1v) is 6.64. The molecule has 0 aliphatic rings. The number of carboxylic acids is 1. The standard InChI is InChI=1S/C13H21N3O4/c1-3-4-5-11(13(18)19)14-12(17)10-6-7-16(15-10)8-9-20-2/h6-7,11H,3-5,8-9H2,1-2H3,(H,14,17)(H,18,19). The SMILES string of the molecule is CCCCC(NC(=O)c1ccn(CCOC)n1)C(=O)O. The van der Waals surface area contributed by atoms with Crippen molar-refractivity contribution in [2.45, 2.75) is 38.8 Å². The fourth-order valence-corrected chi connectivity index (χ4v) is 1.69. The Morgan fingerprint density at radius 3 is 2.90 bits per heavy atom. The third-order valence-corrected chi connectivity index (χ3v) is 2.85. The molecule has 0 saturated carbocycles. The van der Waals surface area contributed by atoms with Crippen LogP contribution < -0.4 is 5.32 Å². The van der Waals surface area contributed by atoms with Gasteiger partial charge in [0.15, 0.2) is 0 Å². The second-order valence-corrected chi connectivity index (χ2v) is 4.46. The maximum Gasteiger partial charge on any atom is 0.326 e. The molecular weight excluding hydrogens is 262 g/mol. The molecule has 0 aliphatic carbocycles. The van der Waals surface area contributed by atoms with Gasteiger partial charge in [0.1, 0.15) is 11.7 Å². The van der Waals surface area contributed by atoms with E-state index in [1.807, 2.05) is 6.92 Å². The number of methoxy groups -OCH3 is 1. The quantitative estimate of drug-likeness (QED) is 0.702. The van der Waals surface area contributed by atoms with Crippen LogP contribution in [0.2, 0.25) is 0 Å². The van der Waals surface area contributed by atoms with Crippen molar-refractivity contribution in [1.82, 2.24) is 15.1 Å². The van der Waals surface area contributed by atoms with E-state index in [-0.39, 0.29) is 5.69 Å². The van der Waals surface area contributed by atoms with Crippen LogP contribution >= 0.6 is 0 Å². The van der Waals surface area contributed by atoms with Crippen molar-refractivity contribution in [2.75, 3.05) is 13.7 Å². The number of rotatable bonds is 9. The molecule has 1 aromatic heterocycles. The maximum atomic E-state index is 11.9. The second kappa shape index (κ2) is 8.31. The van der Waals surface area contributed by atoms with E-state index in [1.165, 1.54) is 0 Å². The van der Waals surface area contributed by atoms with Crippen LogP contribution in [-0.2, 0) is 16.1 Å². The molecule has 1 unspecified atom stereocenters. The lowest BCUT2D eigenvalue weighted by molar-refractivity contribution is -0.139. The van der Waals surface area contributed by atoms with Gasteiger partial charge in [-0.2, -0.15) is 5.10 Å². The average molecular weight is 283 g/mol. The van der Waals surface area contributed by atoms with Gasteiger partial charge in [0.25, 0.3) is 5.91 Å². The fourth-order valence-electron chi connectivity index (χ4n) is 1.69. The minimum Gasteiger partial charge on any atom is -0.480 e. The van der Waals surface area contributed by atoms with Crippen molar-refractivity contribution in [1.29, 1.82) is 0 Å². The molecule has 0 aliphatic heterocycles. The molecule has 0 saturated heterocycles. The van der Waals surface area contributed by atoms with Gasteiger partial charge in [0.05, 0.1) is 13.2 Å². The number of carboxylic acid groups (broad SMARTS) is 1. The molecule has 20 heavy (non-hydrogen) atoms. The Hall–Kier alpha value is -1.89. The molecule has 0 fully saturated rings. The third kappa shape index (κ3) is 5.00. The number of nitrogens with zero attached hydrogens (tertiary/aromatic N) is 2. The summed E-state index contributed by atoms with van der Waals surface area (Å²) in [6.45, 7) is 3.01. The molecule has 0 radical (unpaired) electrons. The molecule has 1 rings (SSSR count). The molecule has 112 valence electrons. The van der Waals surface area contributed by atoms with Crippen molar-refractivity contribution in [3.8, 4) is 0 Å². The van der Waals surface area contributed by atoms with Crippen molar-refractivity contribution >= 4 is 11.9 Å². The van der Waals surface area contributed by atoms with Crippen LogP contribution in [0.25, 0.3) is 0 Å². The van der Waals surface area contributed by atoms with E-state index in [0.717, 1.165) is 12.8 Å². The van der Waals surface area contributed by atoms with E-state index in [9.17, 15) is 9.59 Å². The van der Waals surface area contributed by atoms with Crippen LogP contribution in [0, 0.1) is 0 Å². The molecule has 0 aromatic carbocycles. The largest absolute Gasteiger partial charge is 0.480 e. The molecule has 0 bridgehead atoms. The van der Waals surface area contributed by atoms with Gasteiger partial charge in [0, 0.05) is 13.3 Å². The summed E-state index contributed by atoms with van der Waals surface area (Å²) in [7, 11) is 1.59. The number of carbonyl (C=O) groups excluding carboxylic acids is 1. The summed E-state index contributed by atoms with van der Waals surface area (Å²) in [5, 5.41) is 15.6. The van der Waals surface area contributed by atoms with E-state index < -0.39 is 17.9 Å². The molecule has 2 N–H and O–H groups in total. The molecule has 1 aromatic rings. The predicted octanol–water partition coefficient (Wildman–Crippen LogP) is 0.903. The Balaban J connectivity index is 2.59. The molecule has 7 heteroatoms. The fraction of sp³-hybridized carbons (Fsp3) is 0.615. The predicted molar refractivity (Wildman–Crippen MR) is 72.5 cm³/mol. The summed E-state index contributed by atoms with van der Waals surface area (Å²) in [6, 6.07) is 0.690. The number of nitrogens with one attached hydrogen (secondary N) is 1. The van der Waals surface area contributed by atoms with Gasteiger partial charge >= 0.3 is 5.97 Å². The highest BCUT2D eigenvalue weighted by Crippen LogP contribution is 2.03. The zero-order chi connectivity index (χ0) is 15.0. The Kier molecular flexibility index (Phi) is 6.72. The Morgan fingerprint density at radius 1 is 1.55 bits per heavy atom. The molecule has 1 amide bonds. The van der Waals surface area contributed by atoms with Gasteiger partial charge in [-0.05, 0) is 12.5 Å². The highest BCUT2D eigenvalue weighted by molar-refractivity contribution is 5.94. The normalized spacial score (nSPS) is 12.1. The molecular formula is C13H21N3O4. The van der Waals surface area contributed by atoms with E-state index in [2.05, 4.69) is 10.4 Å². The molecule has 1 heterocycles. The van der Waals surface area contributed by atoms with Crippen LogP contribution in [0.1, 0.15) is 36.7 Å². The van der Waals surface area contributed by atoms with Crippen LogP contribution in [0.4, 0.5) is 0 Å². The van der Waals surface area contributed by atoms with Crippen LogP contribution in [-0.4, -0.2) is 46.5 Å². The van der Waals surface area contributed by atoms with Crippen molar-refractivity contribution in [3.63, 3.8) is 0 Å². The number of hydrogen-bond acceptors (Lipinski definition) is 4. The van der Waals surface area contributed by atoms with Gasteiger partial charge in [-0.3, -0.25) is 9.48 Å². The van der Waals surface area contributed by atoms with Crippen molar-refractivity contribution in [2.24, 2.45) is 0 Å². The van der Waals surface area contributed by atoms with E-state index in [1.54, 1.807) is 24.1 Å². The summed E-state index contributed by atoms with van der Waals surface area (Å²) in [4.78, 5) is 23.0. The van der Waals surface area contributed by atoms with E-state index in [4.69, 9.17) is 9.84 Å². The third-order valence-electron chi connectivity index (χ3n) is 2.85. The summed E-state index contributed by atoms with van der Waals surface area (Å²) in [5.41, 5.74) is 0.212. The van der Waals surface area contributed by atoms with Gasteiger partial charge in [-0.25, -0.2) is 4.79 Å². The highest BCUT2D eigenvalue weighted by Gasteiger charge is 2.21. The zero-order valence-corrected chi connectivity index (χ0v) is 11.8. The van der Waals surface area contributed by atoms with Crippen LogP contribution in [0.15, 0.2) is 12.3 Å². The molecule has 0 spiro atoms. The summed E-state index contributed by atoms with van der Waals surface area (Å²) in [6.07, 6.45) is 3.71. The smallest absolute Gasteiger partial charge is 0.326 e. The van der Waals surface area contributed by atoms with Gasteiger partial charge < -0.3 is 15.2 Å². The zero-order valence-electron chi connectivity index (χ0n) is 11.8. The van der Waals surface area contributed by atoms with Crippen molar-refractivity contribution in [3.05, 3.63) is 18.0 Å². The number of aromatic nitrogens is 2. The Bertz CT molecular complexity index is 445. The first kappa shape index (κ1) is 16.2. The maximum absolute atomic E-state index is 11.9. The Morgan fingerprint density at radius 2 is 2.30 bits per heavy atom. The lowest BCUT2D eigenvalue weighted by atomic mass is 10.1. The minimum absolute atomic E-state index is 0.212. The first-order valence-electron chi connectivity index (χ1n) is 6.64. The number of carbonyl (C=O) groups is 2. The summed E-state index contributed by atoms with van der Waals surface area (Å²) >= 11 is 0. The van der Waals surface area contributed by atoms with Gasteiger partial charge in [-0.15, -0.1) is 0 Å². The minimum atomic E-state index is -1.02. The lowest BCUT2D eigenvalue weighted by Gasteiger charge is -2.12. The van der Waals surface area contributed by atoms with Crippen LogP contribution in [0.5, 0.6) is 0 Å². The number of amides is 1. The average Bonchev–Trinajstić information content (AvgIpc) is 2.89. The summed E-state index contributed by atoms with van der Waals surface area (Å²) in [5.74, 6) is -1.49. The van der Waals surface area contributed by atoms with Gasteiger partial charge in [-0.1, -0.05) is 19.8 Å². The molecule has 1 atom stereocenters. The van der Waals surface area contributed by atoms with Crippen molar-refractivity contribution < 1.29 is 19.4 Å². The van der Waals surface area contributed by atoms with E-state index >= 15 is 0 Å².